The number of hydrogen-bond donors (Lipinski definition) is 1. The maximum atomic E-state index is 6.02. The Morgan fingerprint density at radius 1 is 1.14 bits per heavy atom. The van der Waals surface area contributed by atoms with Gasteiger partial charge in [-0.1, -0.05) is 41.4 Å². The smallest absolute Gasteiger partial charge is 0.132 e. The minimum absolute atomic E-state index is 0.0682. The Morgan fingerprint density at radius 3 is 2.48 bits per heavy atom. The van der Waals surface area contributed by atoms with Crippen LogP contribution in [-0.4, -0.2) is 0 Å². The fourth-order valence-corrected chi connectivity index (χ4v) is 2.58. The van der Waals surface area contributed by atoms with E-state index in [0.29, 0.717) is 0 Å². The molecule has 2 aromatic carbocycles. The maximum absolute atomic E-state index is 6.02. The van der Waals surface area contributed by atoms with Gasteiger partial charge in [0.25, 0.3) is 0 Å². The van der Waals surface area contributed by atoms with Crippen molar-refractivity contribution in [2.75, 3.05) is 0 Å². The quantitative estimate of drug-likeness (QED) is 0.737. The van der Waals surface area contributed by atoms with Crippen molar-refractivity contribution < 1.29 is 4.74 Å². The summed E-state index contributed by atoms with van der Waals surface area (Å²) in [6.45, 7) is 4.17. The first kappa shape index (κ1) is 16.1. The lowest BCUT2D eigenvalue weighted by Crippen LogP contribution is -2.06. The molecule has 0 heterocycles. The Kier molecular flexibility index (Phi) is 5.83. The van der Waals surface area contributed by atoms with Crippen molar-refractivity contribution in [3.8, 4) is 11.5 Å². The Bertz CT molecular complexity index is 578. The van der Waals surface area contributed by atoms with Crippen LogP contribution >= 0.6 is 15.9 Å². The molecule has 2 aromatic rings. The van der Waals surface area contributed by atoms with Crippen molar-refractivity contribution >= 4 is 15.9 Å². The van der Waals surface area contributed by atoms with Gasteiger partial charge in [-0.3, -0.25) is 0 Å². The highest BCUT2D eigenvalue weighted by atomic mass is 79.9. The van der Waals surface area contributed by atoms with Crippen LogP contribution in [0.4, 0.5) is 0 Å². The average molecular weight is 348 g/mol. The van der Waals surface area contributed by atoms with Gasteiger partial charge in [0, 0.05) is 16.1 Å². The molecule has 0 radical (unpaired) electrons. The van der Waals surface area contributed by atoms with E-state index in [1.54, 1.807) is 0 Å². The fourth-order valence-electron chi connectivity index (χ4n) is 2.20. The number of ether oxygens (including phenoxy) is 1. The van der Waals surface area contributed by atoms with Gasteiger partial charge < -0.3 is 10.5 Å². The van der Waals surface area contributed by atoms with E-state index in [0.717, 1.165) is 28.0 Å². The second-order valence-electron chi connectivity index (χ2n) is 5.32. The number of benzene rings is 2. The summed E-state index contributed by atoms with van der Waals surface area (Å²) >= 11 is 3.47. The molecule has 0 aliphatic rings. The molecule has 1 atom stereocenters. The molecule has 2 rings (SSSR count). The third-order valence-corrected chi connectivity index (χ3v) is 3.93. The van der Waals surface area contributed by atoms with Gasteiger partial charge in [-0.05, 0) is 55.7 Å². The molecule has 21 heavy (non-hydrogen) atoms. The van der Waals surface area contributed by atoms with E-state index in [4.69, 9.17) is 10.5 Å². The van der Waals surface area contributed by atoms with Gasteiger partial charge in [0.15, 0.2) is 0 Å². The SMILES string of the molecule is CCCCc1ccc(Oc2ccc(Br)cc2C(C)N)cc1. The lowest BCUT2D eigenvalue weighted by molar-refractivity contribution is 0.471. The molecular weight excluding hydrogens is 326 g/mol. The van der Waals surface area contributed by atoms with Crippen molar-refractivity contribution in [2.24, 2.45) is 5.73 Å². The number of unbranched alkanes of at least 4 members (excludes halogenated alkanes) is 1. The van der Waals surface area contributed by atoms with Crippen molar-refractivity contribution in [3.05, 3.63) is 58.1 Å². The highest BCUT2D eigenvalue weighted by Crippen LogP contribution is 2.31. The van der Waals surface area contributed by atoms with E-state index >= 15 is 0 Å². The molecule has 0 saturated carbocycles. The van der Waals surface area contributed by atoms with Crippen LogP contribution in [0.15, 0.2) is 46.9 Å². The molecule has 1 unspecified atom stereocenters. The standard InChI is InChI=1S/C18H22BrNO/c1-3-4-5-14-6-9-16(10-7-14)21-18-11-8-15(19)12-17(18)13(2)20/h6-13H,3-5,20H2,1-2H3. The van der Waals surface area contributed by atoms with Crippen LogP contribution in [0.2, 0.25) is 0 Å². The van der Waals surface area contributed by atoms with Gasteiger partial charge in [0.2, 0.25) is 0 Å². The third-order valence-electron chi connectivity index (χ3n) is 3.43. The van der Waals surface area contributed by atoms with Crippen molar-refractivity contribution in [1.82, 2.24) is 0 Å². The van der Waals surface area contributed by atoms with Crippen LogP contribution in [0.5, 0.6) is 11.5 Å². The summed E-state index contributed by atoms with van der Waals surface area (Å²) in [5, 5.41) is 0. The van der Waals surface area contributed by atoms with Crippen LogP contribution in [0.25, 0.3) is 0 Å². The molecule has 0 amide bonds. The summed E-state index contributed by atoms with van der Waals surface area (Å²) < 4.78 is 7.00. The van der Waals surface area contributed by atoms with E-state index in [1.807, 2.05) is 37.3 Å². The topological polar surface area (TPSA) is 35.2 Å². The number of nitrogens with two attached hydrogens (primary N) is 1. The van der Waals surface area contributed by atoms with Gasteiger partial charge in [0.05, 0.1) is 0 Å². The zero-order valence-corrected chi connectivity index (χ0v) is 14.2. The van der Waals surface area contributed by atoms with Gasteiger partial charge in [0.1, 0.15) is 11.5 Å². The molecule has 0 saturated heterocycles. The first-order valence-corrected chi connectivity index (χ1v) is 8.21. The zero-order chi connectivity index (χ0) is 15.2. The summed E-state index contributed by atoms with van der Waals surface area (Å²) in [5.41, 5.74) is 8.37. The number of rotatable bonds is 6. The van der Waals surface area contributed by atoms with Crippen LogP contribution in [-0.2, 0) is 6.42 Å². The average Bonchev–Trinajstić information content (AvgIpc) is 2.48. The molecule has 0 aromatic heterocycles. The minimum Gasteiger partial charge on any atom is -0.457 e. The highest BCUT2D eigenvalue weighted by molar-refractivity contribution is 9.10. The van der Waals surface area contributed by atoms with Crippen molar-refractivity contribution in [3.63, 3.8) is 0 Å². The van der Waals surface area contributed by atoms with Gasteiger partial charge in [-0.2, -0.15) is 0 Å². The molecule has 0 spiro atoms. The van der Waals surface area contributed by atoms with E-state index < -0.39 is 0 Å². The number of aryl methyl sites for hydroxylation is 1. The second kappa shape index (κ2) is 7.62. The Labute approximate surface area is 135 Å². The lowest BCUT2D eigenvalue weighted by Gasteiger charge is -2.14. The molecule has 3 heteroatoms. The highest BCUT2D eigenvalue weighted by Gasteiger charge is 2.09. The third kappa shape index (κ3) is 4.58. The van der Waals surface area contributed by atoms with E-state index in [-0.39, 0.29) is 6.04 Å². The van der Waals surface area contributed by atoms with Crippen LogP contribution < -0.4 is 10.5 Å². The predicted octanol–water partition coefficient (Wildman–Crippen LogP) is 5.60. The first-order valence-electron chi connectivity index (χ1n) is 7.42. The molecule has 0 bridgehead atoms. The van der Waals surface area contributed by atoms with Gasteiger partial charge >= 0.3 is 0 Å². The fraction of sp³-hybridized carbons (Fsp3) is 0.333. The van der Waals surface area contributed by atoms with Crippen LogP contribution in [0, 0.1) is 0 Å². The summed E-state index contributed by atoms with van der Waals surface area (Å²) in [5.74, 6) is 1.66. The van der Waals surface area contributed by atoms with Gasteiger partial charge in [-0.15, -0.1) is 0 Å². The summed E-state index contributed by atoms with van der Waals surface area (Å²) in [6.07, 6.45) is 3.57. The Hall–Kier alpha value is -1.32. The van der Waals surface area contributed by atoms with Crippen molar-refractivity contribution in [2.45, 2.75) is 39.2 Å². The Morgan fingerprint density at radius 2 is 1.86 bits per heavy atom. The molecule has 112 valence electrons. The summed E-state index contributed by atoms with van der Waals surface area (Å²) in [4.78, 5) is 0. The monoisotopic (exact) mass is 347 g/mol. The van der Waals surface area contributed by atoms with E-state index in [1.165, 1.54) is 18.4 Å². The summed E-state index contributed by atoms with van der Waals surface area (Å²) in [6, 6.07) is 14.2. The molecule has 0 fully saturated rings. The molecular formula is C18H22BrNO. The van der Waals surface area contributed by atoms with E-state index in [2.05, 4.69) is 35.0 Å². The van der Waals surface area contributed by atoms with Gasteiger partial charge in [-0.25, -0.2) is 0 Å². The lowest BCUT2D eigenvalue weighted by atomic mass is 10.1. The summed E-state index contributed by atoms with van der Waals surface area (Å²) in [7, 11) is 0. The first-order chi connectivity index (χ1) is 10.1. The molecule has 0 aliphatic heterocycles. The largest absolute Gasteiger partial charge is 0.457 e. The number of halogens is 1. The predicted molar refractivity (Wildman–Crippen MR) is 91.9 cm³/mol. The van der Waals surface area contributed by atoms with Crippen molar-refractivity contribution in [1.29, 1.82) is 0 Å². The second-order valence-corrected chi connectivity index (χ2v) is 6.24. The minimum atomic E-state index is -0.0682. The van der Waals surface area contributed by atoms with Crippen LogP contribution in [0.1, 0.15) is 43.9 Å². The molecule has 2 N–H and O–H groups in total. The maximum Gasteiger partial charge on any atom is 0.132 e. The van der Waals surface area contributed by atoms with Crippen LogP contribution in [0.3, 0.4) is 0 Å². The number of hydrogen-bond acceptors (Lipinski definition) is 2. The van der Waals surface area contributed by atoms with E-state index in [9.17, 15) is 0 Å². The molecule has 0 aliphatic carbocycles. The molecule has 2 nitrogen and oxygen atoms in total. The Balaban J connectivity index is 2.14. The normalized spacial score (nSPS) is 12.2. The zero-order valence-electron chi connectivity index (χ0n) is 12.6.